The van der Waals surface area contributed by atoms with Gasteiger partial charge in [0, 0.05) is 31.6 Å². The van der Waals surface area contributed by atoms with Crippen molar-refractivity contribution in [3.63, 3.8) is 0 Å². The van der Waals surface area contributed by atoms with Crippen LogP contribution in [0, 0.1) is 16.7 Å². The lowest BCUT2D eigenvalue weighted by Gasteiger charge is -2.50. The van der Waals surface area contributed by atoms with Gasteiger partial charge in [-0.05, 0) is 43.4 Å². The molecule has 1 N–H and O–H groups in total. The highest BCUT2D eigenvalue weighted by atomic mass is 16.3. The van der Waals surface area contributed by atoms with Gasteiger partial charge in [0.2, 0.25) is 0 Å². The van der Waals surface area contributed by atoms with Crippen molar-refractivity contribution in [2.75, 3.05) is 32.7 Å². The molecule has 0 aromatic heterocycles. The highest BCUT2D eigenvalue weighted by molar-refractivity contribution is 5.81. The van der Waals surface area contributed by atoms with Gasteiger partial charge >= 0.3 is 0 Å². The van der Waals surface area contributed by atoms with Gasteiger partial charge in [-0.2, -0.15) is 0 Å². The number of aliphatic imine (C=N–C) groups is 1. The van der Waals surface area contributed by atoms with Gasteiger partial charge < -0.3 is 14.9 Å². The summed E-state index contributed by atoms with van der Waals surface area (Å²) < 4.78 is 0. The Balaban J connectivity index is 1.60. The summed E-state index contributed by atoms with van der Waals surface area (Å²) in [5.74, 6) is 1.84. The molecular weight excluding hydrogens is 274 g/mol. The number of β-amino-alcohol motifs (C(OH)–C–C–N with tert-alkyl or cyclic N) is 1. The molecule has 0 aromatic rings. The molecule has 0 unspecified atom stereocenters. The van der Waals surface area contributed by atoms with Crippen LogP contribution in [0.25, 0.3) is 0 Å². The van der Waals surface area contributed by atoms with E-state index in [0.29, 0.717) is 5.92 Å². The van der Waals surface area contributed by atoms with Gasteiger partial charge in [0.1, 0.15) is 0 Å². The summed E-state index contributed by atoms with van der Waals surface area (Å²) in [4.78, 5) is 9.61. The first-order valence-corrected chi connectivity index (χ1v) is 9.14. The Kier molecular flexibility index (Phi) is 3.11. The van der Waals surface area contributed by atoms with Gasteiger partial charge in [0.25, 0.3) is 0 Å². The van der Waals surface area contributed by atoms with Crippen molar-refractivity contribution in [2.24, 2.45) is 21.7 Å². The van der Waals surface area contributed by atoms with Crippen LogP contribution in [0.5, 0.6) is 0 Å². The second kappa shape index (κ2) is 4.62. The molecule has 2 aliphatic heterocycles. The molecule has 0 amide bonds. The lowest BCUT2D eigenvalue weighted by atomic mass is 9.64. The normalized spacial score (nSPS) is 43.3. The van der Waals surface area contributed by atoms with Crippen molar-refractivity contribution in [2.45, 2.75) is 58.5 Å². The summed E-state index contributed by atoms with van der Waals surface area (Å²) in [6.07, 6.45) is 5.80. The molecule has 4 heteroatoms. The summed E-state index contributed by atoms with van der Waals surface area (Å²) >= 11 is 0. The maximum atomic E-state index is 11.6. The molecule has 0 aromatic carbocycles. The van der Waals surface area contributed by atoms with Crippen LogP contribution in [0.15, 0.2) is 4.99 Å². The predicted molar refractivity (Wildman–Crippen MR) is 88.9 cm³/mol. The van der Waals surface area contributed by atoms with E-state index in [9.17, 15) is 5.11 Å². The number of nitrogens with zero attached hydrogens (tertiary/aromatic N) is 3. The summed E-state index contributed by atoms with van der Waals surface area (Å²) in [6.45, 7) is 12.2. The minimum Gasteiger partial charge on any atom is -0.387 e. The first kappa shape index (κ1) is 14.8. The monoisotopic (exact) mass is 305 g/mol. The van der Waals surface area contributed by atoms with E-state index < -0.39 is 5.60 Å². The van der Waals surface area contributed by atoms with Crippen LogP contribution in [0.3, 0.4) is 0 Å². The second-order valence-electron chi connectivity index (χ2n) is 8.82. The molecule has 3 fully saturated rings. The zero-order valence-corrected chi connectivity index (χ0v) is 14.4. The van der Waals surface area contributed by atoms with Crippen LogP contribution in [-0.2, 0) is 0 Å². The first-order valence-electron chi connectivity index (χ1n) is 9.14. The number of hydrogen-bond donors (Lipinski definition) is 1. The topological polar surface area (TPSA) is 39.1 Å². The molecular formula is C18H31N3O. The van der Waals surface area contributed by atoms with Gasteiger partial charge in [-0.1, -0.05) is 20.8 Å². The Morgan fingerprint density at radius 2 is 1.95 bits per heavy atom. The number of aliphatic hydroxyl groups is 1. The number of rotatable bonds is 2. The van der Waals surface area contributed by atoms with Crippen LogP contribution in [0.4, 0.5) is 0 Å². The largest absolute Gasteiger partial charge is 0.387 e. The molecule has 124 valence electrons. The van der Waals surface area contributed by atoms with Crippen molar-refractivity contribution in [3.05, 3.63) is 0 Å². The van der Waals surface area contributed by atoms with Crippen LogP contribution in [0.2, 0.25) is 0 Å². The fraction of sp³-hybridized carbons (Fsp3) is 0.944. The third kappa shape index (κ3) is 1.76. The average molecular weight is 305 g/mol. The van der Waals surface area contributed by atoms with Gasteiger partial charge in [-0.3, -0.25) is 4.99 Å². The maximum Gasteiger partial charge on any atom is 0.196 e. The quantitative estimate of drug-likeness (QED) is 0.851. The van der Waals surface area contributed by atoms with Gasteiger partial charge in [0.15, 0.2) is 5.96 Å². The van der Waals surface area contributed by atoms with E-state index in [-0.39, 0.29) is 10.8 Å². The molecule has 2 saturated carbocycles. The van der Waals surface area contributed by atoms with Gasteiger partial charge in [-0.15, -0.1) is 0 Å². The summed E-state index contributed by atoms with van der Waals surface area (Å²) in [5, 5.41) is 11.6. The third-order valence-corrected chi connectivity index (χ3v) is 7.76. The van der Waals surface area contributed by atoms with E-state index in [1.54, 1.807) is 0 Å². The second-order valence-corrected chi connectivity index (χ2v) is 8.82. The maximum absolute atomic E-state index is 11.6. The van der Waals surface area contributed by atoms with Crippen LogP contribution in [0.1, 0.15) is 52.9 Å². The molecule has 1 saturated heterocycles. The molecule has 3 atom stereocenters. The minimum atomic E-state index is -0.553. The Bertz CT molecular complexity index is 503. The van der Waals surface area contributed by atoms with Crippen molar-refractivity contribution in [3.8, 4) is 0 Å². The Labute approximate surface area is 134 Å². The molecule has 4 nitrogen and oxygen atoms in total. The van der Waals surface area contributed by atoms with Crippen LogP contribution < -0.4 is 0 Å². The Morgan fingerprint density at radius 3 is 2.64 bits per heavy atom. The van der Waals surface area contributed by atoms with Gasteiger partial charge in [0.05, 0.1) is 12.1 Å². The van der Waals surface area contributed by atoms with Crippen molar-refractivity contribution in [1.29, 1.82) is 0 Å². The number of guanidine groups is 1. The average Bonchev–Trinajstić information content (AvgIpc) is 2.79. The minimum absolute atomic E-state index is 0.0438. The Hall–Kier alpha value is -0.770. The van der Waals surface area contributed by atoms with Crippen LogP contribution >= 0.6 is 0 Å². The lowest BCUT2D eigenvalue weighted by molar-refractivity contribution is -0.101. The first-order chi connectivity index (χ1) is 10.4. The molecule has 0 radical (unpaired) electrons. The Morgan fingerprint density at radius 1 is 1.18 bits per heavy atom. The highest BCUT2D eigenvalue weighted by Crippen LogP contribution is 2.69. The fourth-order valence-corrected chi connectivity index (χ4v) is 5.83. The third-order valence-electron chi connectivity index (χ3n) is 7.76. The predicted octanol–water partition coefficient (Wildman–Crippen LogP) is 2.33. The molecule has 2 aliphatic carbocycles. The van der Waals surface area contributed by atoms with E-state index >= 15 is 0 Å². The molecule has 0 spiro atoms. The number of hydrogen-bond acceptors (Lipinski definition) is 4. The van der Waals surface area contributed by atoms with Crippen LogP contribution in [-0.4, -0.2) is 59.2 Å². The smallest absolute Gasteiger partial charge is 0.196 e. The summed E-state index contributed by atoms with van der Waals surface area (Å²) in [7, 11) is 0. The molecule has 4 aliphatic rings. The van der Waals surface area contributed by atoms with E-state index in [0.717, 1.165) is 45.1 Å². The van der Waals surface area contributed by atoms with E-state index in [2.05, 4.69) is 30.6 Å². The van der Waals surface area contributed by atoms with Crippen molar-refractivity contribution in [1.82, 2.24) is 9.80 Å². The zero-order chi connectivity index (χ0) is 15.6. The molecule has 4 rings (SSSR count). The molecule has 2 bridgehead atoms. The summed E-state index contributed by atoms with van der Waals surface area (Å²) in [6, 6.07) is 0. The fourth-order valence-electron chi connectivity index (χ4n) is 5.83. The SMILES string of the molecule is CC1(C)[C@@H]2CC[C@@]1(C)[C@@](O)(CN1CCCN3CCCN=C31)C2. The molecule has 22 heavy (non-hydrogen) atoms. The van der Waals surface area contributed by atoms with E-state index in [4.69, 9.17) is 4.99 Å². The zero-order valence-electron chi connectivity index (χ0n) is 14.4. The molecule has 2 heterocycles. The highest BCUT2D eigenvalue weighted by Gasteiger charge is 2.68. The lowest BCUT2D eigenvalue weighted by Crippen LogP contribution is -2.60. The standard InChI is InChI=1S/C18H31N3O/c1-16(2)14-6-7-17(16,3)18(22,12-14)13-21-11-5-10-20-9-4-8-19-15(20)21/h14,22H,4-13H2,1-3H3/t14-,17-,18+/m1/s1. The van der Waals surface area contributed by atoms with E-state index in [1.807, 2.05) is 0 Å². The van der Waals surface area contributed by atoms with Crippen molar-refractivity contribution >= 4 is 5.96 Å². The van der Waals surface area contributed by atoms with E-state index in [1.165, 1.54) is 25.7 Å². The van der Waals surface area contributed by atoms with Crippen molar-refractivity contribution < 1.29 is 5.11 Å². The number of fused-ring (bicyclic) bond motifs is 3. The van der Waals surface area contributed by atoms with Gasteiger partial charge in [-0.25, -0.2) is 0 Å². The summed E-state index contributed by atoms with van der Waals surface area (Å²) in [5.41, 5.74) is -0.254.